The Kier molecular flexibility index (Phi) is 4.89. The molecule has 0 unspecified atom stereocenters. The van der Waals surface area contributed by atoms with E-state index in [4.69, 9.17) is 4.74 Å². The average molecular weight is 278 g/mol. The minimum atomic E-state index is -0.115. The van der Waals surface area contributed by atoms with Gasteiger partial charge in [0.2, 0.25) is 18.2 Å². The Bertz CT molecular complexity index is 472. The number of piperazine rings is 1. The van der Waals surface area contributed by atoms with Crippen LogP contribution < -0.4 is 10.1 Å². The summed E-state index contributed by atoms with van der Waals surface area (Å²) in [6.07, 6.45) is 2.45. The van der Waals surface area contributed by atoms with E-state index in [0.29, 0.717) is 44.3 Å². The van der Waals surface area contributed by atoms with Gasteiger partial charge in [0, 0.05) is 32.4 Å². The zero-order valence-electron chi connectivity index (χ0n) is 11.4. The number of ether oxygens (including phenoxy) is 1. The molecule has 2 amide bonds. The van der Waals surface area contributed by atoms with Crippen LogP contribution in [0.4, 0.5) is 5.69 Å². The highest BCUT2D eigenvalue weighted by atomic mass is 16.5. The summed E-state index contributed by atoms with van der Waals surface area (Å²) in [6, 6.07) is 3.48. The van der Waals surface area contributed by atoms with Crippen LogP contribution in [-0.4, -0.2) is 66.9 Å². The highest BCUT2D eigenvalue weighted by Crippen LogP contribution is 2.19. The van der Waals surface area contributed by atoms with Crippen LogP contribution in [0.15, 0.2) is 18.3 Å². The third-order valence-corrected chi connectivity index (χ3v) is 3.16. The Hall–Kier alpha value is -2.15. The summed E-state index contributed by atoms with van der Waals surface area (Å²) >= 11 is 0. The monoisotopic (exact) mass is 278 g/mol. The molecular formula is C13H18N4O3. The Labute approximate surface area is 117 Å². The number of nitrogens with zero attached hydrogens (tertiary/aromatic N) is 3. The lowest BCUT2D eigenvalue weighted by Crippen LogP contribution is -2.48. The quantitative estimate of drug-likeness (QED) is 0.755. The minimum absolute atomic E-state index is 0.115. The summed E-state index contributed by atoms with van der Waals surface area (Å²) in [6.45, 7) is 3.03. The normalized spacial score (nSPS) is 15.8. The molecule has 7 nitrogen and oxygen atoms in total. The fourth-order valence-corrected chi connectivity index (χ4v) is 2.07. The smallest absolute Gasteiger partial charge is 0.238 e. The maximum atomic E-state index is 12.0. The second kappa shape index (κ2) is 6.85. The third kappa shape index (κ3) is 3.67. The average Bonchev–Trinajstić information content (AvgIpc) is 2.48. The predicted octanol–water partition coefficient (Wildman–Crippen LogP) is -0.197. The van der Waals surface area contributed by atoms with Crippen LogP contribution in [0, 0.1) is 0 Å². The van der Waals surface area contributed by atoms with Gasteiger partial charge in [-0.2, -0.15) is 0 Å². The summed E-state index contributed by atoms with van der Waals surface area (Å²) in [5.74, 6) is 0.280. The fraction of sp³-hybridized carbons (Fsp3) is 0.462. The van der Waals surface area contributed by atoms with Crippen LogP contribution >= 0.6 is 0 Å². The lowest BCUT2D eigenvalue weighted by Gasteiger charge is -2.31. The number of hydrogen-bond donors (Lipinski definition) is 1. The summed E-state index contributed by atoms with van der Waals surface area (Å²) in [5, 5.41) is 2.78. The van der Waals surface area contributed by atoms with Gasteiger partial charge in [-0.05, 0) is 12.1 Å². The van der Waals surface area contributed by atoms with Crippen LogP contribution in [0.2, 0.25) is 0 Å². The maximum absolute atomic E-state index is 12.0. The molecule has 0 bridgehead atoms. The first-order valence-corrected chi connectivity index (χ1v) is 6.43. The predicted molar refractivity (Wildman–Crippen MR) is 73.5 cm³/mol. The molecule has 20 heavy (non-hydrogen) atoms. The molecule has 1 aliphatic rings. The number of pyridine rings is 1. The molecule has 0 radical (unpaired) electrons. The van der Waals surface area contributed by atoms with E-state index in [0.717, 1.165) is 6.41 Å². The van der Waals surface area contributed by atoms with Crippen molar-refractivity contribution in [2.45, 2.75) is 0 Å². The van der Waals surface area contributed by atoms with Gasteiger partial charge in [-0.15, -0.1) is 0 Å². The van der Waals surface area contributed by atoms with Crippen molar-refractivity contribution in [3.63, 3.8) is 0 Å². The molecule has 2 rings (SSSR count). The Morgan fingerprint density at radius 3 is 2.85 bits per heavy atom. The van der Waals surface area contributed by atoms with Crippen LogP contribution in [0.25, 0.3) is 0 Å². The van der Waals surface area contributed by atoms with Gasteiger partial charge in [0.05, 0.1) is 13.7 Å². The number of carbonyl (C=O) groups is 2. The molecule has 2 heterocycles. The summed E-state index contributed by atoms with van der Waals surface area (Å²) in [4.78, 5) is 30.3. The van der Waals surface area contributed by atoms with Crippen molar-refractivity contribution in [1.29, 1.82) is 0 Å². The Morgan fingerprint density at radius 2 is 2.20 bits per heavy atom. The number of nitrogens with one attached hydrogen (secondary N) is 1. The minimum Gasteiger partial charge on any atom is -0.480 e. The first kappa shape index (κ1) is 14.3. The number of methoxy groups -OCH3 is 1. The Morgan fingerprint density at radius 1 is 1.45 bits per heavy atom. The zero-order chi connectivity index (χ0) is 14.4. The molecule has 0 saturated carbocycles. The molecule has 0 spiro atoms. The number of anilines is 1. The van der Waals surface area contributed by atoms with Crippen molar-refractivity contribution in [2.24, 2.45) is 0 Å². The molecule has 0 atom stereocenters. The van der Waals surface area contributed by atoms with E-state index in [-0.39, 0.29) is 5.91 Å². The van der Waals surface area contributed by atoms with E-state index in [1.54, 1.807) is 23.2 Å². The van der Waals surface area contributed by atoms with Crippen LogP contribution in [0.5, 0.6) is 5.88 Å². The molecular weight excluding hydrogens is 260 g/mol. The van der Waals surface area contributed by atoms with Gasteiger partial charge < -0.3 is 15.0 Å². The first-order chi connectivity index (χ1) is 9.72. The summed E-state index contributed by atoms with van der Waals surface area (Å²) in [5.41, 5.74) is 0.562. The van der Waals surface area contributed by atoms with Crippen LogP contribution in [0.3, 0.4) is 0 Å². The number of hydrogen-bond acceptors (Lipinski definition) is 5. The molecule has 108 valence electrons. The topological polar surface area (TPSA) is 74.8 Å². The van der Waals surface area contributed by atoms with E-state index >= 15 is 0 Å². The van der Waals surface area contributed by atoms with Gasteiger partial charge >= 0.3 is 0 Å². The van der Waals surface area contributed by atoms with Crippen LogP contribution in [0.1, 0.15) is 0 Å². The van der Waals surface area contributed by atoms with Gasteiger partial charge in [0.1, 0.15) is 5.69 Å². The Balaban J connectivity index is 1.85. The van der Waals surface area contributed by atoms with Crippen molar-refractivity contribution < 1.29 is 14.3 Å². The summed E-state index contributed by atoms with van der Waals surface area (Å²) in [7, 11) is 1.51. The van der Waals surface area contributed by atoms with Crippen molar-refractivity contribution in [1.82, 2.24) is 14.8 Å². The van der Waals surface area contributed by atoms with E-state index < -0.39 is 0 Å². The molecule has 0 aromatic carbocycles. The van der Waals surface area contributed by atoms with Crippen LogP contribution in [-0.2, 0) is 9.59 Å². The van der Waals surface area contributed by atoms with Gasteiger partial charge in [-0.25, -0.2) is 4.98 Å². The molecule has 0 aliphatic carbocycles. The second-order valence-corrected chi connectivity index (χ2v) is 4.53. The van der Waals surface area contributed by atoms with Gasteiger partial charge in [0.25, 0.3) is 0 Å². The van der Waals surface area contributed by atoms with E-state index in [9.17, 15) is 9.59 Å². The highest BCUT2D eigenvalue weighted by Gasteiger charge is 2.18. The largest absolute Gasteiger partial charge is 0.480 e. The van der Waals surface area contributed by atoms with Crippen molar-refractivity contribution >= 4 is 18.0 Å². The maximum Gasteiger partial charge on any atom is 0.238 e. The molecule has 7 heteroatoms. The number of rotatable bonds is 5. The number of carbonyl (C=O) groups excluding carboxylic acids is 2. The fourth-order valence-electron chi connectivity index (χ4n) is 2.07. The van der Waals surface area contributed by atoms with Crippen molar-refractivity contribution in [2.75, 3.05) is 45.2 Å². The van der Waals surface area contributed by atoms with Gasteiger partial charge in [-0.3, -0.25) is 14.5 Å². The standard InChI is InChI=1S/C13H18N4O3/c1-20-13-11(3-2-4-14-13)15-12(19)9-16-5-7-17(10-18)8-6-16/h2-4,10H,5-9H2,1H3,(H,15,19). The van der Waals surface area contributed by atoms with E-state index in [1.165, 1.54) is 7.11 Å². The van der Waals surface area contributed by atoms with Gasteiger partial charge in [-0.1, -0.05) is 0 Å². The third-order valence-electron chi connectivity index (χ3n) is 3.16. The second-order valence-electron chi connectivity index (χ2n) is 4.53. The highest BCUT2D eigenvalue weighted by molar-refractivity contribution is 5.93. The van der Waals surface area contributed by atoms with Gasteiger partial charge in [0.15, 0.2) is 0 Å². The number of amides is 2. The molecule has 1 aliphatic heterocycles. The lowest BCUT2D eigenvalue weighted by atomic mass is 10.3. The molecule has 1 N–H and O–H groups in total. The first-order valence-electron chi connectivity index (χ1n) is 6.43. The molecule has 1 aromatic heterocycles. The SMILES string of the molecule is COc1ncccc1NC(=O)CN1CCN(C=O)CC1. The molecule has 1 aromatic rings. The van der Waals surface area contributed by atoms with Crippen molar-refractivity contribution in [3.05, 3.63) is 18.3 Å². The van der Waals surface area contributed by atoms with E-state index in [1.807, 2.05) is 4.90 Å². The van der Waals surface area contributed by atoms with Crippen molar-refractivity contribution in [3.8, 4) is 5.88 Å². The van der Waals surface area contributed by atoms with E-state index in [2.05, 4.69) is 10.3 Å². The molecule has 1 saturated heterocycles. The lowest BCUT2D eigenvalue weighted by molar-refractivity contribution is -0.120. The molecule has 1 fully saturated rings. The summed E-state index contributed by atoms with van der Waals surface area (Å²) < 4.78 is 5.08. The number of aromatic nitrogens is 1. The zero-order valence-corrected chi connectivity index (χ0v) is 11.4.